The number of nitriles is 1. The number of nitrogens with zero attached hydrogens (tertiary/aromatic N) is 5. The Morgan fingerprint density at radius 3 is 1.82 bits per heavy atom. The van der Waals surface area contributed by atoms with E-state index < -0.39 is 0 Å². The lowest BCUT2D eigenvalue weighted by Crippen LogP contribution is -1.99. The van der Waals surface area contributed by atoms with Crippen molar-refractivity contribution in [3.8, 4) is 39.7 Å². The molecule has 5 nitrogen and oxygen atoms in total. The average Bonchev–Trinajstić information content (AvgIpc) is 3.69. The molecule has 5 heteroatoms. The number of hydrogen-bond acceptors (Lipinski definition) is 1. The molecule has 0 fully saturated rings. The Balaban J connectivity index is 1.30. The molecule has 0 saturated heterocycles. The number of aromatic nitrogens is 2. The number of benzene rings is 7. The van der Waals surface area contributed by atoms with Crippen molar-refractivity contribution in [1.29, 1.82) is 5.26 Å². The third-order valence-electron chi connectivity index (χ3n) is 9.58. The number of fused-ring (bicyclic) bond motifs is 6. The molecule has 0 bridgehead atoms. The van der Waals surface area contributed by atoms with Crippen LogP contribution in [0.25, 0.3) is 86.9 Å². The van der Waals surface area contributed by atoms with Crippen LogP contribution >= 0.6 is 0 Å². The van der Waals surface area contributed by atoms with Gasteiger partial charge in [-0.15, -0.1) is 0 Å². The van der Waals surface area contributed by atoms with Gasteiger partial charge in [-0.1, -0.05) is 97.1 Å². The zero-order valence-corrected chi connectivity index (χ0v) is 26.7. The van der Waals surface area contributed by atoms with Crippen molar-refractivity contribution in [3.05, 3.63) is 180 Å². The fourth-order valence-electron chi connectivity index (χ4n) is 7.45. The first kappa shape index (κ1) is 28.8. The molecule has 0 N–H and O–H groups in total. The van der Waals surface area contributed by atoms with Gasteiger partial charge in [0.2, 0.25) is 5.69 Å². The van der Waals surface area contributed by atoms with Crippen molar-refractivity contribution in [2.24, 2.45) is 0 Å². The molecule has 50 heavy (non-hydrogen) atoms. The van der Waals surface area contributed by atoms with Crippen LogP contribution in [0.15, 0.2) is 152 Å². The van der Waals surface area contributed by atoms with E-state index in [2.05, 4.69) is 122 Å². The Morgan fingerprint density at radius 1 is 0.480 bits per heavy atom. The van der Waals surface area contributed by atoms with Crippen LogP contribution in [0, 0.1) is 24.5 Å². The van der Waals surface area contributed by atoms with Crippen molar-refractivity contribution in [1.82, 2.24) is 9.13 Å². The van der Waals surface area contributed by atoms with Crippen molar-refractivity contribution in [3.63, 3.8) is 0 Å². The number of hydrogen-bond donors (Lipinski definition) is 0. The van der Waals surface area contributed by atoms with E-state index in [1.54, 1.807) is 0 Å². The second-order valence-corrected chi connectivity index (χ2v) is 12.2. The Kier molecular flexibility index (Phi) is 6.56. The van der Waals surface area contributed by atoms with Crippen molar-refractivity contribution >= 4 is 55.0 Å². The molecule has 0 spiro atoms. The summed E-state index contributed by atoms with van der Waals surface area (Å²) in [6.07, 6.45) is 0. The Labute approximate surface area is 288 Å². The van der Waals surface area contributed by atoms with Gasteiger partial charge in [-0.2, -0.15) is 5.26 Å². The number of rotatable bonds is 4. The van der Waals surface area contributed by atoms with Gasteiger partial charge in [0.15, 0.2) is 5.69 Å². The monoisotopic (exact) mass is 635 g/mol. The van der Waals surface area contributed by atoms with Crippen LogP contribution in [0.3, 0.4) is 0 Å². The molecule has 9 rings (SSSR count). The largest absolute Gasteiger partial charge is 0.318 e. The quantitative estimate of drug-likeness (QED) is 0.177. The van der Waals surface area contributed by atoms with Crippen LogP contribution in [0.5, 0.6) is 0 Å². The fourth-order valence-corrected chi connectivity index (χ4v) is 7.45. The van der Waals surface area contributed by atoms with Gasteiger partial charge < -0.3 is 9.13 Å². The molecule has 7 aromatic carbocycles. The van der Waals surface area contributed by atoms with E-state index >= 15 is 0 Å². The van der Waals surface area contributed by atoms with E-state index in [4.69, 9.17) is 13.1 Å². The minimum absolute atomic E-state index is 0.508. The predicted octanol–water partition coefficient (Wildman–Crippen LogP) is 12.2. The lowest BCUT2D eigenvalue weighted by Gasteiger charge is -2.19. The maximum atomic E-state index is 9.74. The summed E-state index contributed by atoms with van der Waals surface area (Å²) in [5, 5.41) is 13.9. The highest BCUT2D eigenvalue weighted by molar-refractivity contribution is 6.12. The average molecular weight is 636 g/mol. The molecule has 2 aromatic heterocycles. The van der Waals surface area contributed by atoms with Gasteiger partial charge in [0, 0.05) is 21.8 Å². The summed E-state index contributed by atoms with van der Waals surface area (Å²) in [5.74, 6) is 0. The van der Waals surface area contributed by atoms with Crippen molar-refractivity contribution < 1.29 is 0 Å². The molecule has 0 amide bonds. The normalized spacial score (nSPS) is 11.1. The van der Waals surface area contributed by atoms with Gasteiger partial charge in [-0.05, 0) is 82.2 Å². The number of para-hydroxylation sites is 3. The Hall–Kier alpha value is -7.39. The van der Waals surface area contributed by atoms with Crippen LogP contribution in [-0.4, -0.2) is 9.13 Å². The smallest absolute Gasteiger partial charge is 0.211 e. The molecule has 0 saturated carbocycles. The summed E-state index contributed by atoms with van der Waals surface area (Å²) in [4.78, 5) is 7.71. The first-order chi connectivity index (χ1) is 24.7. The predicted molar refractivity (Wildman–Crippen MR) is 203 cm³/mol. The van der Waals surface area contributed by atoms with Crippen molar-refractivity contribution in [2.75, 3.05) is 0 Å². The molecule has 0 radical (unpaired) electrons. The summed E-state index contributed by atoms with van der Waals surface area (Å²) in [6.45, 7) is 15.9. The third-order valence-corrected chi connectivity index (χ3v) is 9.58. The maximum Gasteiger partial charge on any atom is 0.211 e. The van der Waals surface area contributed by atoms with Crippen LogP contribution in [0.4, 0.5) is 11.4 Å². The highest BCUT2D eigenvalue weighted by atomic mass is 15.0. The molecule has 0 aliphatic carbocycles. The molecular formula is C45H25N5. The lowest BCUT2D eigenvalue weighted by molar-refractivity contribution is 1.18. The zero-order valence-electron chi connectivity index (χ0n) is 26.7. The van der Waals surface area contributed by atoms with E-state index in [0.717, 1.165) is 66.5 Å². The van der Waals surface area contributed by atoms with E-state index in [1.807, 2.05) is 54.6 Å². The van der Waals surface area contributed by atoms with Gasteiger partial charge in [0.1, 0.15) is 0 Å². The lowest BCUT2D eigenvalue weighted by atomic mass is 9.92. The first-order valence-corrected chi connectivity index (χ1v) is 16.2. The van der Waals surface area contributed by atoms with Crippen LogP contribution in [0.2, 0.25) is 0 Å². The molecule has 0 unspecified atom stereocenters. The highest BCUT2D eigenvalue weighted by Gasteiger charge is 2.21. The minimum Gasteiger partial charge on any atom is -0.318 e. The molecule has 9 aromatic rings. The van der Waals surface area contributed by atoms with E-state index in [0.29, 0.717) is 16.9 Å². The molecule has 230 valence electrons. The van der Waals surface area contributed by atoms with E-state index in [-0.39, 0.29) is 0 Å². The molecule has 0 atom stereocenters. The van der Waals surface area contributed by atoms with Crippen LogP contribution in [-0.2, 0) is 0 Å². The maximum absolute atomic E-state index is 9.74. The van der Waals surface area contributed by atoms with Crippen LogP contribution in [0.1, 0.15) is 5.56 Å². The van der Waals surface area contributed by atoms with E-state index in [1.165, 1.54) is 10.8 Å². The van der Waals surface area contributed by atoms with Crippen molar-refractivity contribution in [2.45, 2.75) is 0 Å². The standard InChI is InChI=1S/C45H25N5/c1-47-31-22-24-44-39(27-31)38-25-29(28-46)21-23-43(38)50(44)45-37(17-10-18-40(45)48-2)34-14-4-3-13-33(34)30-11-9-12-32(26-30)49-41-19-7-5-15-35(41)36-16-6-8-20-42(36)49/h3-27H. The topological polar surface area (TPSA) is 42.4 Å². The summed E-state index contributed by atoms with van der Waals surface area (Å²) in [5.41, 5.74) is 11.4. The van der Waals surface area contributed by atoms with E-state index in [9.17, 15) is 5.26 Å². The molecule has 2 heterocycles. The fraction of sp³-hybridized carbons (Fsp3) is 0. The van der Waals surface area contributed by atoms with Gasteiger partial charge in [-0.3, -0.25) is 0 Å². The van der Waals surface area contributed by atoms with Crippen LogP contribution < -0.4 is 0 Å². The zero-order chi connectivity index (χ0) is 33.8. The first-order valence-electron chi connectivity index (χ1n) is 16.2. The van der Waals surface area contributed by atoms with Gasteiger partial charge in [0.25, 0.3) is 0 Å². The molecule has 0 aliphatic heterocycles. The molecule has 0 aliphatic rings. The summed E-state index contributed by atoms with van der Waals surface area (Å²) >= 11 is 0. The second-order valence-electron chi connectivity index (χ2n) is 12.2. The second kappa shape index (κ2) is 11.4. The molecular weight excluding hydrogens is 611 g/mol. The van der Waals surface area contributed by atoms with Gasteiger partial charge in [-0.25, -0.2) is 9.69 Å². The van der Waals surface area contributed by atoms with Gasteiger partial charge >= 0.3 is 0 Å². The third kappa shape index (κ3) is 4.31. The van der Waals surface area contributed by atoms with Gasteiger partial charge in [0.05, 0.1) is 52.5 Å². The highest BCUT2D eigenvalue weighted by Crippen LogP contribution is 2.44. The summed E-state index contributed by atoms with van der Waals surface area (Å²) in [7, 11) is 0. The SMILES string of the molecule is [C-]#[N+]c1ccc2c(c1)c1cc(C#N)ccc1n2-c1c([N+]#[C-])cccc1-c1ccccc1-c1cccc(-n2c3ccccc3c3ccccc32)c1. The Morgan fingerprint density at radius 2 is 1.10 bits per heavy atom. The Bertz CT molecular complexity index is 2850. The summed E-state index contributed by atoms with van der Waals surface area (Å²) in [6, 6.07) is 53.4. The minimum atomic E-state index is 0.508. The summed E-state index contributed by atoms with van der Waals surface area (Å²) < 4.78 is 4.44.